The van der Waals surface area contributed by atoms with Crippen LogP contribution in [0.1, 0.15) is 60.9 Å². The fourth-order valence-corrected chi connectivity index (χ4v) is 5.29. The Bertz CT molecular complexity index is 1190. The van der Waals surface area contributed by atoms with Gasteiger partial charge in [-0.2, -0.15) is 0 Å². The van der Waals surface area contributed by atoms with Crippen LogP contribution in [0.15, 0.2) is 78.9 Å². The van der Waals surface area contributed by atoms with Crippen molar-refractivity contribution < 1.29 is 0 Å². The molecule has 1 heteroatoms. The molecule has 1 heterocycles. The van der Waals surface area contributed by atoms with E-state index in [0.29, 0.717) is 5.92 Å². The predicted octanol–water partition coefficient (Wildman–Crippen LogP) is 8.26. The van der Waals surface area contributed by atoms with Crippen LogP contribution in [0.5, 0.6) is 0 Å². The number of nitrogens with zero attached hydrogens (tertiary/aromatic N) is 1. The summed E-state index contributed by atoms with van der Waals surface area (Å²) in [7, 11) is 0. The molecule has 3 aromatic carbocycles. The summed E-state index contributed by atoms with van der Waals surface area (Å²) in [5, 5.41) is 0. The van der Waals surface area contributed by atoms with Crippen LogP contribution in [-0.4, -0.2) is 13.1 Å². The number of allylic oxidation sites excluding steroid dienone is 2. The van der Waals surface area contributed by atoms with Gasteiger partial charge in [-0.05, 0) is 95.5 Å². The van der Waals surface area contributed by atoms with Gasteiger partial charge in [-0.3, -0.25) is 0 Å². The molecule has 0 amide bonds. The van der Waals surface area contributed by atoms with Crippen molar-refractivity contribution in [1.29, 1.82) is 0 Å². The number of hydrogen-bond donors (Lipinski definition) is 0. The average molecular weight is 448 g/mol. The molecule has 34 heavy (non-hydrogen) atoms. The van der Waals surface area contributed by atoms with E-state index in [4.69, 9.17) is 0 Å². The molecule has 174 valence electrons. The minimum atomic E-state index is 0.532. The highest BCUT2D eigenvalue weighted by atomic mass is 15.1. The normalized spacial score (nSPS) is 15.1. The van der Waals surface area contributed by atoms with E-state index in [-0.39, 0.29) is 0 Å². The minimum Gasteiger partial charge on any atom is -0.372 e. The second kappa shape index (κ2) is 10.1. The van der Waals surface area contributed by atoms with E-state index in [0.717, 1.165) is 19.3 Å². The maximum Gasteiger partial charge on any atom is 0.0375 e. The highest BCUT2D eigenvalue weighted by Gasteiger charge is 2.16. The largest absolute Gasteiger partial charge is 0.372 e. The molecule has 1 aliphatic heterocycles. The zero-order valence-electron chi connectivity index (χ0n) is 20.8. The van der Waals surface area contributed by atoms with Crippen molar-refractivity contribution in [2.75, 3.05) is 18.0 Å². The molecule has 0 unspecified atom stereocenters. The first-order valence-corrected chi connectivity index (χ1v) is 13.0. The Morgan fingerprint density at radius 2 is 1.65 bits per heavy atom. The number of anilines is 1. The lowest BCUT2D eigenvalue weighted by atomic mass is 9.92. The molecule has 3 aromatic rings. The van der Waals surface area contributed by atoms with Crippen LogP contribution in [0.2, 0.25) is 0 Å². The summed E-state index contributed by atoms with van der Waals surface area (Å²) < 4.78 is 0. The van der Waals surface area contributed by atoms with Crippen molar-refractivity contribution in [2.24, 2.45) is 5.92 Å². The van der Waals surface area contributed by atoms with Gasteiger partial charge in [0, 0.05) is 18.8 Å². The molecule has 0 aromatic heterocycles. The van der Waals surface area contributed by atoms with Gasteiger partial charge < -0.3 is 4.90 Å². The molecule has 0 N–H and O–H groups in total. The summed E-state index contributed by atoms with van der Waals surface area (Å²) in [5.74, 6) is 0.532. The van der Waals surface area contributed by atoms with Gasteiger partial charge in [-0.15, -0.1) is 0 Å². The van der Waals surface area contributed by atoms with E-state index < -0.39 is 0 Å². The molecule has 1 saturated heterocycles. The molecule has 0 saturated carbocycles. The highest BCUT2D eigenvalue weighted by molar-refractivity contribution is 5.81. The van der Waals surface area contributed by atoms with Crippen molar-refractivity contribution in [3.8, 4) is 11.1 Å². The number of benzene rings is 3. The van der Waals surface area contributed by atoms with Gasteiger partial charge in [-0.25, -0.2) is 0 Å². The summed E-state index contributed by atoms with van der Waals surface area (Å²) in [4.78, 5) is 2.59. The fraction of sp³-hybridized carbons (Fsp3) is 0.333. The van der Waals surface area contributed by atoms with Gasteiger partial charge in [0.2, 0.25) is 0 Å². The van der Waals surface area contributed by atoms with Crippen molar-refractivity contribution >= 4 is 11.8 Å². The summed E-state index contributed by atoms with van der Waals surface area (Å²) in [6.07, 6.45) is 11.5. The Labute approximate surface area is 205 Å². The Balaban J connectivity index is 1.46. The molecule has 2 aliphatic rings. The molecule has 1 fully saturated rings. The van der Waals surface area contributed by atoms with E-state index in [1.165, 1.54) is 82.6 Å². The zero-order valence-corrected chi connectivity index (χ0v) is 20.8. The van der Waals surface area contributed by atoms with Gasteiger partial charge in [0.05, 0.1) is 0 Å². The first kappa shape index (κ1) is 22.7. The van der Waals surface area contributed by atoms with Gasteiger partial charge in [0.25, 0.3) is 0 Å². The van der Waals surface area contributed by atoms with Crippen LogP contribution in [0.3, 0.4) is 0 Å². The van der Waals surface area contributed by atoms with Crippen molar-refractivity contribution in [3.63, 3.8) is 0 Å². The smallest absolute Gasteiger partial charge is 0.0375 e. The van der Waals surface area contributed by atoms with Crippen molar-refractivity contribution in [3.05, 3.63) is 107 Å². The SMILES string of the molecule is C=C(Cc1ccc(Cc2cc(-c3cccc4c3C=CC4)cc(N3CCCCC3)c2)cc1)C(C)C. The topological polar surface area (TPSA) is 3.24 Å². The molecule has 0 radical (unpaired) electrons. The quantitative estimate of drug-likeness (QED) is 0.329. The van der Waals surface area contributed by atoms with Crippen LogP contribution in [0.4, 0.5) is 5.69 Å². The monoisotopic (exact) mass is 447 g/mol. The first-order valence-electron chi connectivity index (χ1n) is 13.0. The molecular formula is C33H37N. The first-order chi connectivity index (χ1) is 16.6. The molecule has 0 atom stereocenters. The lowest BCUT2D eigenvalue weighted by Gasteiger charge is -2.30. The summed E-state index contributed by atoms with van der Waals surface area (Å²) in [6, 6.07) is 23.2. The summed E-state index contributed by atoms with van der Waals surface area (Å²) in [5.41, 5.74) is 12.4. The molecule has 5 rings (SSSR count). The number of rotatable bonds is 7. The lowest BCUT2D eigenvalue weighted by molar-refractivity contribution is 0.578. The molecule has 0 bridgehead atoms. The summed E-state index contributed by atoms with van der Waals surface area (Å²) >= 11 is 0. The predicted molar refractivity (Wildman–Crippen MR) is 148 cm³/mol. The third-order valence-corrected chi connectivity index (χ3v) is 7.51. The Morgan fingerprint density at radius 1 is 0.882 bits per heavy atom. The van der Waals surface area contributed by atoms with Gasteiger partial charge >= 0.3 is 0 Å². The van der Waals surface area contributed by atoms with Gasteiger partial charge in [0.15, 0.2) is 0 Å². The maximum absolute atomic E-state index is 4.25. The zero-order chi connectivity index (χ0) is 23.5. The fourth-order valence-electron chi connectivity index (χ4n) is 5.29. The van der Waals surface area contributed by atoms with E-state index in [2.05, 4.69) is 98.1 Å². The van der Waals surface area contributed by atoms with Gasteiger partial charge in [-0.1, -0.05) is 86.7 Å². The minimum absolute atomic E-state index is 0.532. The second-order valence-electron chi connectivity index (χ2n) is 10.4. The molecular weight excluding hydrogens is 410 g/mol. The highest BCUT2D eigenvalue weighted by Crippen LogP contribution is 2.35. The Hall–Kier alpha value is -3.06. The van der Waals surface area contributed by atoms with E-state index in [9.17, 15) is 0 Å². The van der Waals surface area contributed by atoms with Crippen LogP contribution < -0.4 is 4.90 Å². The Morgan fingerprint density at radius 3 is 2.41 bits per heavy atom. The number of hydrogen-bond acceptors (Lipinski definition) is 1. The third-order valence-electron chi connectivity index (χ3n) is 7.51. The standard InChI is InChI=1S/C33H37N/c1-24(2)25(3)19-26-13-15-27(16-14-26)20-28-21-30(23-31(22-28)34-17-5-4-6-18-34)33-12-8-10-29-9-7-11-32(29)33/h7-8,10-16,21-24H,3-6,9,17-20H2,1-2H3. The lowest BCUT2D eigenvalue weighted by Crippen LogP contribution is -2.29. The van der Waals surface area contributed by atoms with Crippen LogP contribution in [0.25, 0.3) is 17.2 Å². The number of fused-ring (bicyclic) bond motifs is 1. The Kier molecular flexibility index (Phi) is 6.72. The van der Waals surface area contributed by atoms with Crippen LogP contribution in [-0.2, 0) is 19.3 Å². The molecule has 0 spiro atoms. The van der Waals surface area contributed by atoms with Gasteiger partial charge in [0.1, 0.15) is 0 Å². The molecule has 1 aliphatic carbocycles. The summed E-state index contributed by atoms with van der Waals surface area (Å²) in [6.45, 7) is 11.0. The maximum atomic E-state index is 4.25. The van der Waals surface area contributed by atoms with Crippen molar-refractivity contribution in [1.82, 2.24) is 0 Å². The molecule has 1 nitrogen and oxygen atoms in total. The number of piperidine rings is 1. The second-order valence-corrected chi connectivity index (χ2v) is 10.4. The van der Waals surface area contributed by atoms with Crippen molar-refractivity contribution in [2.45, 2.75) is 52.4 Å². The average Bonchev–Trinajstić information content (AvgIpc) is 3.35. The van der Waals surface area contributed by atoms with E-state index in [1.54, 1.807) is 0 Å². The van der Waals surface area contributed by atoms with Crippen LogP contribution >= 0.6 is 0 Å². The van der Waals surface area contributed by atoms with E-state index in [1.807, 2.05) is 0 Å². The van der Waals surface area contributed by atoms with E-state index >= 15 is 0 Å². The third kappa shape index (κ3) is 5.04. The van der Waals surface area contributed by atoms with Crippen LogP contribution in [0, 0.1) is 5.92 Å².